The van der Waals surface area contributed by atoms with Crippen molar-refractivity contribution in [2.45, 2.75) is 19.6 Å². The lowest BCUT2D eigenvalue weighted by Gasteiger charge is -2.13. The fourth-order valence-electron chi connectivity index (χ4n) is 2.57. The van der Waals surface area contributed by atoms with Crippen LogP contribution in [0.2, 0.25) is 0 Å². The quantitative estimate of drug-likeness (QED) is 0.620. The van der Waals surface area contributed by atoms with E-state index in [9.17, 15) is 14.0 Å². The topological polar surface area (TPSA) is 82.5 Å². The summed E-state index contributed by atoms with van der Waals surface area (Å²) in [5.41, 5.74) is 1.44. The van der Waals surface area contributed by atoms with E-state index in [0.29, 0.717) is 0 Å². The highest BCUT2D eigenvalue weighted by Gasteiger charge is 2.24. The van der Waals surface area contributed by atoms with Gasteiger partial charge in [-0.25, -0.2) is 13.9 Å². The highest BCUT2D eigenvalue weighted by molar-refractivity contribution is 5.92. The third kappa shape index (κ3) is 4.98. The van der Waals surface area contributed by atoms with Crippen molar-refractivity contribution in [3.63, 3.8) is 0 Å². The van der Waals surface area contributed by atoms with Crippen LogP contribution in [-0.2, 0) is 16.1 Å². The number of amides is 1. The highest BCUT2D eigenvalue weighted by Crippen LogP contribution is 2.20. The first-order valence-corrected chi connectivity index (χ1v) is 8.90. The van der Waals surface area contributed by atoms with Crippen LogP contribution in [0.3, 0.4) is 0 Å². The average Bonchev–Trinajstić information content (AvgIpc) is 3.18. The Morgan fingerprint density at radius 1 is 1.14 bits per heavy atom. The Bertz CT molecular complexity index is 987. The van der Waals surface area contributed by atoms with Crippen molar-refractivity contribution in [1.29, 1.82) is 0 Å². The standard InChI is InChI=1S/C21H20FN3O4/c1-14(20(26)23-12-15-8-10-16(22)11-9-15)29-21(27)19-18(28-2)13-25(24-19)17-6-4-3-5-7-17/h3-11,13-14H,12H2,1-2H3,(H,23,26)/t14-/m1/s1. The van der Waals surface area contributed by atoms with Crippen molar-refractivity contribution >= 4 is 11.9 Å². The summed E-state index contributed by atoms with van der Waals surface area (Å²) >= 11 is 0. The molecule has 3 aromatic rings. The number of carbonyl (C=O) groups excluding carboxylic acids is 2. The molecule has 0 spiro atoms. The zero-order chi connectivity index (χ0) is 20.8. The van der Waals surface area contributed by atoms with Crippen LogP contribution in [0.15, 0.2) is 60.8 Å². The van der Waals surface area contributed by atoms with Gasteiger partial charge in [-0.1, -0.05) is 30.3 Å². The monoisotopic (exact) mass is 397 g/mol. The maximum Gasteiger partial charge on any atom is 0.363 e. The van der Waals surface area contributed by atoms with Gasteiger partial charge in [0, 0.05) is 6.54 Å². The van der Waals surface area contributed by atoms with Gasteiger partial charge in [-0.05, 0) is 36.8 Å². The predicted molar refractivity (Wildman–Crippen MR) is 103 cm³/mol. The maximum absolute atomic E-state index is 12.9. The Morgan fingerprint density at radius 2 is 1.83 bits per heavy atom. The van der Waals surface area contributed by atoms with Crippen LogP contribution in [0.25, 0.3) is 5.69 Å². The van der Waals surface area contributed by atoms with E-state index < -0.39 is 18.0 Å². The largest absolute Gasteiger partial charge is 0.493 e. The van der Waals surface area contributed by atoms with E-state index in [1.807, 2.05) is 30.3 Å². The van der Waals surface area contributed by atoms with Crippen LogP contribution < -0.4 is 10.1 Å². The second-order valence-corrected chi connectivity index (χ2v) is 6.22. The number of nitrogens with zero attached hydrogens (tertiary/aromatic N) is 2. The number of ether oxygens (including phenoxy) is 2. The number of carbonyl (C=O) groups is 2. The van der Waals surface area contributed by atoms with Crippen molar-refractivity contribution < 1.29 is 23.5 Å². The van der Waals surface area contributed by atoms with Gasteiger partial charge in [0.25, 0.3) is 5.91 Å². The molecule has 0 bridgehead atoms. The summed E-state index contributed by atoms with van der Waals surface area (Å²) < 4.78 is 24.9. The van der Waals surface area contributed by atoms with E-state index >= 15 is 0 Å². The van der Waals surface area contributed by atoms with Crippen LogP contribution >= 0.6 is 0 Å². The number of nitrogens with one attached hydrogen (secondary N) is 1. The van der Waals surface area contributed by atoms with Gasteiger partial charge in [0.2, 0.25) is 5.69 Å². The Hall–Kier alpha value is -3.68. The summed E-state index contributed by atoms with van der Waals surface area (Å²) in [6.07, 6.45) is 0.514. The minimum absolute atomic E-state index is 0.0328. The molecule has 1 aromatic heterocycles. The zero-order valence-corrected chi connectivity index (χ0v) is 16.0. The van der Waals surface area contributed by atoms with Crippen LogP contribution in [-0.4, -0.2) is 34.9 Å². The number of rotatable bonds is 7. The Morgan fingerprint density at radius 3 is 2.48 bits per heavy atom. The average molecular weight is 397 g/mol. The normalized spacial score (nSPS) is 11.6. The summed E-state index contributed by atoms with van der Waals surface area (Å²) in [5, 5.41) is 6.85. The van der Waals surface area contributed by atoms with E-state index in [2.05, 4.69) is 10.4 Å². The summed E-state index contributed by atoms with van der Waals surface area (Å²) in [5.74, 6) is -1.38. The first kappa shape index (κ1) is 20.1. The van der Waals surface area contributed by atoms with E-state index in [1.54, 1.807) is 18.3 Å². The van der Waals surface area contributed by atoms with Gasteiger partial charge in [-0.2, -0.15) is 5.10 Å². The van der Waals surface area contributed by atoms with Crippen molar-refractivity contribution in [2.24, 2.45) is 0 Å². The van der Waals surface area contributed by atoms with E-state index in [-0.39, 0.29) is 23.8 Å². The number of esters is 1. The van der Waals surface area contributed by atoms with Gasteiger partial charge >= 0.3 is 5.97 Å². The molecule has 0 radical (unpaired) electrons. The number of halogens is 1. The van der Waals surface area contributed by atoms with E-state index in [0.717, 1.165) is 11.3 Å². The lowest BCUT2D eigenvalue weighted by atomic mass is 10.2. The fourth-order valence-corrected chi connectivity index (χ4v) is 2.57. The van der Waals surface area contributed by atoms with Crippen LogP contribution in [0, 0.1) is 5.82 Å². The van der Waals surface area contributed by atoms with Crippen LogP contribution in [0.4, 0.5) is 4.39 Å². The van der Waals surface area contributed by atoms with Gasteiger partial charge in [0.05, 0.1) is 19.0 Å². The lowest BCUT2D eigenvalue weighted by Crippen LogP contribution is -2.35. The molecule has 0 saturated heterocycles. The number of benzene rings is 2. The molecule has 0 aliphatic carbocycles. The van der Waals surface area contributed by atoms with Crippen molar-refractivity contribution in [3.8, 4) is 11.4 Å². The molecule has 0 unspecified atom stereocenters. The first-order valence-electron chi connectivity index (χ1n) is 8.90. The molecule has 3 rings (SSSR count). The Labute approximate surface area is 167 Å². The maximum atomic E-state index is 12.9. The number of hydrogen-bond acceptors (Lipinski definition) is 5. The van der Waals surface area contributed by atoms with Crippen molar-refractivity contribution in [3.05, 3.63) is 77.9 Å². The molecule has 0 aliphatic heterocycles. The second kappa shape index (κ2) is 9.01. The SMILES string of the molecule is COc1cn(-c2ccccc2)nc1C(=O)O[C@H](C)C(=O)NCc1ccc(F)cc1. The van der Waals surface area contributed by atoms with Crippen molar-refractivity contribution in [1.82, 2.24) is 15.1 Å². The molecule has 1 heterocycles. The van der Waals surface area contributed by atoms with Gasteiger partial charge in [-0.15, -0.1) is 0 Å². The molecule has 150 valence electrons. The number of hydrogen-bond donors (Lipinski definition) is 1. The van der Waals surface area contributed by atoms with Gasteiger partial charge in [0.1, 0.15) is 5.82 Å². The molecular formula is C21H20FN3O4. The molecule has 0 fully saturated rings. The fraction of sp³-hybridized carbons (Fsp3) is 0.190. The molecule has 1 amide bonds. The number of methoxy groups -OCH3 is 1. The molecule has 1 atom stereocenters. The first-order chi connectivity index (χ1) is 14.0. The molecule has 2 aromatic carbocycles. The molecule has 8 heteroatoms. The van der Waals surface area contributed by atoms with Gasteiger partial charge < -0.3 is 14.8 Å². The number of para-hydroxylation sites is 1. The smallest absolute Gasteiger partial charge is 0.363 e. The van der Waals surface area contributed by atoms with E-state index in [4.69, 9.17) is 9.47 Å². The summed E-state index contributed by atoms with van der Waals surface area (Å²) in [6.45, 7) is 1.64. The third-order valence-corrected chi connectivity index (χ3v) is 4.15. The van der Waals surface area contributed by atoms with Crippen LogP contribution in [0.5, 0.6) is 5.75 Å². The summed E-state index contributed by atoms with van der Waals surface area (Å²) in [6, 6.07) is 14.9. The summed E-state index contributed by atoms with van der Waals surface area (Å²) in [7, 11) is 1.42. The molecular weight excluding hydrogens is 377 g/mol. The Kier molecular flexibility index (Phi) is 6.23. The van der Waals surface area contributed by atoms with Crippen molar-refractivity contribution in [2.75, 3.05) is 7.11 Å². The second-order valence-electron chi connectivity index (χ2n) is 6.22. The molecule has 0 aliphatic rings. The molecule has 29 heavy (non-hydrogen) atoms. The number of aromatic nitrogens is 2. The van der Waals surface area contributed by atoms with Gasteiger partial charge in [0.15, 0.2) is 11.9 Å². The predicted octanol–water partition coefficient (Wildman–Crippen LogP) is 2.88. The van der Waals surface area contributed by atoms with Crippen LogP contribution in [0.1, 0.15) is 23.0 Å². The highest BCUT2D eigenvalue weighted by atomic mass is 19.1. The molecule has 7 nitrogen and oxygen atoms in total. The Balaban J connectivity index is 1.63. The minimum Gasteiger partial charge on any atom is -0.493 e. The lowest BCUT2D eigenvalue weighted by molar-refractivity contribution is -0.129. The molecule has 0 saturated carbocycles. The molecule has 1 N–H and O–H groups in total. The summed E-state index contributed by atoms with van der Waals surface area (Å²) in [4.78, 5) is 24.7. The third-order valence-electron chi connectivity index (χ3n) is 4.15. The minimum atomic E-state index is -1.05. The zero-order valence-electron chi connectivity index (χ0n) is 16.0. The van der Waals surface area contributed by atoms with Gasteiger partial charge in [-0.3, -0.25) is 4.79 Å². The van der Waals surface area contributed by atoms with E-state index in [1.165, 1.54) is 30.8 Å².